The zero-order valence-electron chi connectivity index (χ0n) is 8.66. The summed E-state index contributed by atoms with van der Waals surface area (Å²) < 4.78 is 24.7. The van der Waals surface area contributed by atoms with E-state index in [0.29, 0.717) is 11.4 Å². The van der Waals surface area contributed by atoms with Gasteiger partial charge in [0.25, 0.3) is 0 Å². The number of thiophene rings is 1. The first kappa shape index (κ1) is 13.0. The average molecular weight is 268 g/mol. The number of hydrogen-bond donors (Lipinski definition) is 1. The van der Waals surface area contributed by atoms with Crippen molar-refractivity contribution in [1.29, 1.82) is 0 Å². The SMILES string of the molecule is CC[C@H](Cc1sccc1Cl)NS(C)(=O)=O. The lowest BCUT2D eigenvalue weighted by Crippen LogP contribution is -2.34. The van der Waals surface area contributed by atoms with E-state index in [0.717, 1.165) is 11.3 Å². The van der Waals surface area contributed by atoms with E-state index < -0.39 is 10.0 Å². The van der Waals surface area contributed by atoms with E-state index in [4.69, 9.17) is 11.6 Å². The van der Waals surface area contributed by atoms with Gasteiger partial charge in [0.15, 0.2) is 0 Å². The third-order valence-corrected chi connectivity index (χ3v) is 4.17. The number of halogens is 1. The van der Waals surface area contributed by atoms with Gasteiger partial charge in [0.05, 0.1) is 11.3 Å². The molecule has 0 saturated carbocycles. The lowest BCUT2D eigenvalue weighted by atomic mass is 10.1. The molecule has 0 amide bonds. The van der Waals surface area contributed by atoms with Crippen LogP contribution in [0.4, 0.5) is 0 Å². The molecule has 0 fully saturated rings. The third-order valence-electron chi connectivity index (χ3n) is 2.00. The van der Waals surface area contributed by atoms with Crippen molar-refractivity contribution in [3.63, 3.8) is 0 Å². The Kier molecular flexibility index (Phi) is 4.58. The zero-order valence-corrected chi connectivity index (χ0v) is 11.0. The molecular formula is C9H14ClNO2S2. The van der Waals surface area contributed by atoms with Gasteiger partial charge in [-0.25, -0.2) is 13.1 Å². The van der Waals surface area contributed by atoms with Crippen molar-refractivity contribution >= 4 is 33.0 Å². The molecule has 1 aromatic heterocycles. The van der Waals surface area contributed by atoms with Crippen LogP contribution in [-0.2, 0) is 16.4 Å². The van der Waals surface area contributed by atoms with Gasteiger partial charge in [-0.05, 0) is 24.3 Å². The Balaban J connectivity index is 2.66. The Labute approximate surface area is 99.5 Å². The van der Waals surface area contributed by atoms with Crippen molar-refractivity contribution in [3.8, 4) is 0 Å². The summed E-state index contributed by atoms with van der Waals surface area (Å²) >= 11 is 7.50. The van der Waals surface area contributed by atoms with Crippen LogP contribution in [0.15, 0.2) is 11.4 Å². The first-order valence-electron chi connectivity index (χ1n) is 4.61. The molecule has 1 atom stereocenters. The summed E-state index contributed by atoms with van der Waals surface area (Å²) in [6.45, 7) is 1.95. The van der Waals surface area contributed by atoms with Crippen LogP contribution in [0.5, 0.6) is 0 Å². The molecule has 6 heteroatoms. The van der Waals surface area contributed by atoms with E-state index in [1.54, 1.807) is 11.3 Å². The minimum atomic E-state index is -3.14. The van der Waals surface area contributed by atoms with Crippen molar-refractivity contribution in [1.82, 2.24) is 4.72 Å². The average Bonchev–Trinajstić information content (AvgIpc) is 2.48. The molecule has 1 aromatic rings. The minimum Gasteiger partial charge on any atom is -0.213 e. The summed E-state index contributed by atoms with van der Waals surface area (Å²) in [7, 11) is -3.14. The molecule has 0 unspecified atom stereocenters. The second-order valence-electron chi connectivity index (χ2n) is 3.39. The van der Waals surface area contributed by atoms with Gasteiger partial charge < -0.3 is 0 Å². The Morgan fingerprint density at radius 2 is 2.27 bits per heavy atom. The molecule has 0 radical (unpaired) electrons. The fraction of sp³-hybridized carbons (Fsp3) is 0.556. The van der Waals surface area contributed by atoms with Crippen molar-refractivity contribution in [2.45, 2.75) is 25.8 Å². The molecule has 0 spiro atoms. The Morgan fingerprint density at radius 1 is 1.60 bits per heavy atom. The van der Waals surface area contributed by atoms with Crippen LogP contribution in [0.25, 0.3) is 0 Å². The van der Waals surface area contributed by atoms with Crippen LogP contribution >= 0.6 is 22.9 Å². The van der Waals surface area contributed by atoms with E-state index in [1.165, 1.54) is 6.26 Å². The van der Waals surface area contributed by atoms with Crippen LogP contribution in [-0.4, -0.2) is 20.7 Å². The van der Waals surface area contributed by atoms with E-state index in [1.807, 2.05) is 18.4 Å². The smallest absolute Gasteiger partial charge is 0.208 e. The van der Waals surface area contributed by atoms with Gasteiger partial charge in [0, 0.05) is 10.9 Å². The van der Waals surface area contributed by atoms with E-state index in [-0.39, 0.29) is 6.04 Å². The second kappa shape index (κ2) is 5.30. The van der Waals surface area contributed by atoms with Crippen LogP contribution in [0.3, 0.4) is 0 Å². The van der Waals surface area contributed by atoms with Crippen molar-refractivity contribution in [2.24, 2.45) is 0 Å². The van der Waals surface area contributed by atoms with E-state index in [2.05, 4.69) is 4.72 Å². The highest BCUT2D eigenvalue weighted by atomic mass is 35.5. The van der Waals surface area contributed by atoms with Gasteiger partial charge in [0.2, 0.25) is 10.0 Å². The molecule has 1 rings (SSSR count). The number of nitrogens with one attached hydrogen (secondary N) is 1. The predicted octanol–water partition coefficient (Wildman–Crippen LogP) is 2.27. The highest BCUT2D eigenvalue weighted by molar-refractivity contribution is 7.88. The minimum absolute atomic E-state index is 0.0730. The highest BCUT2D eigenvalue weighted by Crippen LogP contribution is 2.23. The maximum atomic E-state index is 11.1. The lowest BCUT2D eigenvalue weighted by Gasteiger charge is -2.14. The summed E-state index contributed by atoms with van der Waals surface area (Å²) in [5, 5.41) is 2.62. The maximum Gasteiger partial charge on any atom is 0.208 e. The van der Waals surface area contributed by atoms with E-state index in [9.17, 15) is 8.42 Å². The van der Waals surface area contributed by atoms with Crippen molar-refractivity contribution in [3.05, 3.63) is 21.3 Å². The summed E-state index contributed by atoms with van der Waals surface area (Å²) in [5.74, 6) is 0. The molecule has 3 nitrogen and oxygen atoms in total. The Hall–Kier alpha value is -0.100. The number of hydrogen-bond acceptors (Lipinski definition) is 3. The van der Waals surface area contributed by atoms with Gasteiger partial charge in [0.1, 0.15) is 0 Å². The quantitative estimate of drug-likeness (QED) is 0.890. The fourth-order valence-electron chi connectivity index (χ4n) is 1.27. The fourth-order valence-corrected chi connectivity index (χ4v) is 3.32. The standard InChI is InChI=1S/C9H14ClNO2S2/c1-3-7(11-15(2,12)13)6-9-8(10)4-5-14-9/h4-5,7,11H,3,6H2,1-2H3/t7-/m1/s1. The molecule has 0 aliphatic rings. The highest BCUT2D eigenvalue weighted by Gasteiger charge is 2.14. The van der Waals surface area contributed by atoms with Crippen LogP contribution < -0.4 is 4.72 Å². The summed E-state index contributed by atoms with van der Waals surface area (Å²) in [4.78, 5) is 1.03. The van der Waals surface area contributed by atoms with Gasteiger partial charge >= 0.3 is 0 Å². The van der Waals surface area contributed by atoms with E-state index >= 15 is 0 Å². The largest absolute Gasteiger partial charge is 0.213 e. The maximum absolute atomic E-state index is 11.1. The van der Waals surface area contributed by atoms with Crippen LogP contribution in [0.2, 0.25) is 5.02 Å². The molecule has 0 bridgehead atoms. The molecule has 15 heavy (non-hydrogen) atoms. The van der Waals surface area contributed by atoms with Gasteiger partial charge in [-0.3, -0.25) is 0 Å². The molecule has 0 saturated heterocycles. The van der Waals surface area contributed by atoms with Gasteiger partial charge in [-0.1, -0.05) is 18.5 Å². The van der Waals surface area contributed by atoms with Crippen molar-refractivity contribution in [2.75, 3.05) is 6.26 Å². The molecule has 0 aliphatic heterocycles. The number of rotatable bonds is 5. The van der Waals surface area contributed by atoms with Gasteiger partial charge in [-0.15, -0.1) is 11.3 Å². The first-order chi connectivity index (χ1) is 6.92. The molecule has 0 aromatic carbocycles. The summed E-state index contributed by atoms with van der Waals surface area (Å²) in [6.07, 6.45) is 2.58. The molecule has 1 heterocycles. The molecule has 86 valence electrons. The molecular weight excluding hydrogens is 254 g/mol. The second-order valence-corrected chi connectivity index (χ2v) is 6.58. The normalized spacial score (nSPS) is 14.1. The zero-order chi connectivity index (χ0) is 11.5. The third kappa shape index (κ3) is 4.51. The lowest BCUT2D eigenvalue weighted by molar-refractivity contribution is 0.543. The number of sulfonamides is 1. The summed E-state index contributed by atoms with van der Waals surface area (Å²) in [6, 6.07) is 1.76. The van der Waals surface area contributed by atoms with Gasteiger partial charge in [-0.2, -0.15) is 0 Å². The Morgan fingerprint density at radius 3 is 2.67 bits per heavy atom. The Bertz CT molecular complexity index is 414. The van der Waals surface area contributed by atoms with Crippen LogP contribution in [0.1, 0.15) is 18.2 Å². The summed E-state index contributed by atoms with van der Waals surface area (Å²) in [5.41, 5.74) is 0. The molecule has 1 N–H and O–H groups in total. The topological polar surface area (TPSA) is 46.2 Å². The van der Waals surface area contributed by atoms with Crippen molar-refractivity contribution < 1.29 is 8.42 Å². The van der Waals surface area contributed by atoms with Crippen LogP contribution in [0, 0.1) is 0 Å². The monoisotopic (exact) mass is 267 g/mol. The first-order valence-corrected chi connectivity index (χ1v) is 7.76. The molecule has 0 aliphatic carbocycles. The predicted molar refractivity (Wildman–Crippen MR) is 65.1 cm³/mol.